The van der Waals surface area contributed by atoms with Gasteiger partial charge in [-0.05, 0) is 30.2 Å². The molecule has 140 valence electrons. The third kappa shape index (κ3) is 6.18. The van der Waals surface area contributed by atoms with E-state index >= 15 is 0 Å². The molecule has 0 unspecified atom stereocenters. The van der Waals surface area contributed by atoms with Crippen molar-refractivity contribution in [2.24, 2.45) is 5.92 Å². The normalized spacial score (nSPS) is 10.8. The molecule has 26 heavy (non-hydrogen) atoms. The van der Waals surface area contributed by atoms with Gasteiger partial charge in [-0.3, -0.25) is 9.36 Å². The van der Waals surface area contributed by atoms with Gasteiger partial charge < -0.3 is 10.1 Å². The molecule has 1 N–H and O–H groups in total. The van der Waals surface area contributed by atoms with Crippen LogP contribution in [0.25, 0.3) is 0 Å². The Morgan fingerprint density at radius 3 is 2.77 bits per heavy atom. The van der Waals surface area contributed by atoms with E-state index in [-0.39, 0.29) is 24.1 Å². The van der Waals surface area contributed by atoms with Crippen LogP contribution in [0.1, 0.15) is 19.7 Å². The molecular weight excluding hydrogens is 355 g/mol. The van der Waals surface area contributed by atoms with E-state index in [4.69, 9.17) is 4.74 Å². The largest absolute Gasteiger partial charge is 0.486 e. The van der Waals surface area contributed by atoms with Crippen molar-refractivity contribution < 1.29 is 13.9 Å². The average Bonchev–Trinajstić information content (AvgIpc) is 3.00. The minimum absolute atomic E-state index is 0.0408. The van der Waals surface area contributed by atoms with Crippen LogP contribution in [0.15, 0.2) is 42.1 Å². The third-order valence-corrected chi connectivity index (χ3v) is 4.29. The number of benzene rings is 1. The van der Waals surface area contributed by atoms with E-state index in [0.29, 0.717) is 35.7 Å². The first-order valence-corrected chi connectivity index (χ1v) is 9.29. The van der Waals surface area contributed by atoms with Crippen LogP contribution in [0, 0.1) is 11.7 Å². The third-order valence-electron chi connectivity index (χ3n) is 3.33. The molecule has 0 spiro atoms. The smallest absolute Gasteiger partial charge is 0.230 e. The summed E-state index contributed by atoms with van der Waals surface area (Å²) in [6, 6.07) is 5.78. The Hall–Kier alpha value is -2.35. The highest BCUT2D eigenvalue weighted by molar-refractivity contribution is 7.99. The maximum atomic E-state index is 12.9. The van der Waals surface area contributed by atoms with E-state index in [1.54, 1.807) is 18.2 Å². The van der Waals surface area contributed by atoms with Gasteiger partial charge >= 0.3 is 0 Å². The Bertz CT molecular complexity index is 731. The van der Waals surface area contributed by atoms with Gasteiger partial charge in [0.1, 0.15) is 18.2 Å². The maximum Gasteiger partial charge on any atom is 0.230 e. The second-order valence-corrected chi connectivity index (χ2v) is 6.97. The summed E-state index contributed by atoms with van der Waals surface area (Å²) in [7, 11) is 0. The van der Waals surface area contributed by atoms with Crippen molar-refractivity contribution in [1.29, 1.82) is 0 Å². The van der Waals surface area contributed by atoms with E-state index in [2.05, 4.69) is 22.1 Å². The molecule has 1 aromatic carbocycles. The molecule has 0 aliphatic rings. The van der Waals surface area contributed by atoms with Crippen LogP contribution in [0.4, 0.5) is 4.39 Å². The van der Waals surface area contributed by atoms with Gasteiger partial charge in [-0.2, -0.15) is 0 Å². The average molecular weight is 378 g/mol. The number of carbonyl (C=O) groups excluding carboxylic acids is 1. The van der Waals surface area contributed by atoms with Gasteiger partial charge in [0, 0.05) is 13.1 Å². The molecule has 1 heterocycles. The summed E-state index contributed by atoms with van der Waals surface area (Å²) < 4.78 is 20.4. The zero-order valence-electron chi connectivity index (χ0n) is 14.9. The van der Waals surface area contributed by atoms with Crippen LogP contribution in [-0.2, 0) is 17.9 Å². The summed E-state index contributed by atoms with van der Waals surface area (Å²) in [5.74, 6) is 1.47. The standard InChI is InChI=1S/C18H23FN4O2S/c1-4-9-23-16(11-25-15-7-5-14(19)6-8-15)21-22-18(23)26-12-17(24)20-10-13(2)3/h4-8,13H,1,9-12H2,2-3H3,(H,20,24). The fraction of sp³-hybridized carbons (Fsp3) is 0.389. The number of nitrogens with zero attached hydrogens (tertiary/aromatic N) is 3. The number of rotatable bonds is 10. The number of halogens is 1. The van der Waals surface area contributed by atoms with Gasteiger partial charge in [0.15, 0.2) is 11.0 Å². The van der Waals surface area contributed by atoms with Crippen molar-refractivity contribution in [3.05, 3.63) is 48.6 Å². The van der Waals surface area contributed by atoms with Gasteiger partial charge in [-0.1, -0.05) is 31.7 Å². The molecule has 8 heteroatoms. The Labute approximate surface area is 156 Å². The van der Waals surface area contributed by atoms with Crippen molar-refractivity contribution in [2.45, 2.75) is 32.2 Å². The van der Waals surface area contributed by atoms with Crippen LogP contribution >= 0.6 is 11.8 Å². The molecule has 6 nitrogen and oxygen atoms in total. The Kier molecular flexibility index (Phi) is 7.65. The van der Waals surface area contributed by atoms with Gasteiger partial charge in [-0.15, -0.1) is 16.8 Å². The van der Waals surface area contributed by atoms with Crippen LogP contribution in [-0.4, -0.2) is 33.0 Å². The molecule has 0 atom stereocenters. The second kappa shape index (κ2) is 9.96. The molecule has 0 fully saturated rings. The van der Waals surface area contributed by atoms with Gasteiger partial charge in [-0.25, -0.2) is 4.39 Å². The number of aromatic nitrogens is 3. The van der Waals surface area contributed by atoms with E-state index < -0.39 is 0 Å². The highest BCUT2D eigenvalue weighted by Gasteiger charge is 2.14. The molecule has 0 bridgehead atoms. The lowest BCUT2D eigenvalue weighted by molar-refractivity contribution is -0.118. The molecule has 2 aromatic rings. The lowest BCUT2D eigenvalue weighted by atomic mass is 10.2. The minimum Gasteiger partial charge on any atom is -0.486 e. The lowest BCUT2D eigenvalue weighted by Gasteiger charge is -2.10. The SMILES string of the molecule is C=CCn1c(COc2ccc(F)cc2)nnc1SCC(=O)NCC(C)C. The van der Waals surface area contributed by atoms with Gasteiger partial charge in [0.05, 0.1) is 5.75 Å². The Balaban J connectivity index is 1.96. The van der Waals surface area contributed by atoms with Crippen molar-refractivity contribution in [3.63, 3.8) is 0 Å². The van der Waals surface area contributed by atoms with Crippen LogP contribution in [0.2, 0.25) is 0 Å². The van der Waals surface area contributed by atoms with Crippen LogP contribution in [0.3, 0.4) is 0 Å². The van der Waals surface area contributed by atoms with E-state index in [9.17, 15) is 9.18 Å². The van der Waals surface area contributed by atoms with Crippen molar-refractivity contribution in [2.75, 3.05) is 12.3 Å². The van der Waals surface area contributed by atoms with Crippen molar-refractivity contribution in [1.82, 2.24) is 20.1 Å². The first-order valence-electron chi connectivity index (χ1n) is 8.30. The Morgan fingerprint density at radius 1 is 1.38 bits per heavy atom. The lowest BCUT2D eigenvalue weighted by Crippen LogP contribution is -2.28. The fourth-order valence-corrected chi connectivity index (χ4v) is 2.82. The number of hydrogen-bond acceptors (Lipinski definition) is 5. The highest BCUT2D eigenvalue weighted by Crippen LogP contribution is 2.19. The molecule has 0 saturated carbocycles. The first kappa shape index (κ1) is 20.0. The van der Waals surface area contributed by atoms with E-state index in [1.807, 2.05) is 18.4 Å². The first-order chi connectivity index (χ1) is 12.5. The minimum atomic E-state index is -0.318. The van der Waals surface area contributed by atoms with Gasteiger partial charge in [0.25, 0.3) is 0 Å². The quantitative estimate of drug-likeness (QED) is 0.508. The van der Waals surface area contributed by atoms with Gasteiger partial charge in [0.2, 0.25) is 5.91 Å². The summed E-state index contributed by atoms with van der Waals surface area (Å²) in [5.41, 5.74) is 0. The van der Waals surface area contributed by atoms with Crippen molar-refractivity contribution >= 4 is 17.7 Å². The Morgan fingerprint density at radius 2 is 2.12 bits per heavy atom. The summed E-state index contributed by atoms with van der Waals surface area (Å²) >= 11 is 1.32. The number of thioether (sulfide) groups is 1. The molecule has 2 rings (SSSR count). The zero-order chi connectivity index (χ0) is 18.9. The highest BCUT2D eigenvalue weighted by atomic mass is 32.2. The molecule has 0 radical (unpaired) electrons. The number of allylic oxidation sites excluding steroid dienone is 1. The van der Waals surface area contributed by atoms with E-state index in [1.165, 1.54) is 23.9 Å². The zero-order valence-corrected chi connectivity index (χ0v) is 15.8. The second-order valence-electron chi connectivity index (χ2n) is 6.03. The summed E-state index contributed by atoms with van der Waals surface area (Å²) in [6.07, 6.45) is 1.73. The number of carbonyl (C=O) groups is 1. The monoisotopic (exact) mass is 378 g/mol. The summed E-state index contributed by atoms with van der Waals surface area (Å²) in [6.45, 7) is 9.17. The number of nitrogens with one attached hydrogen (secondary N) is 1. The van der Waals surface area contributed by atoms with Crippen LogP contribution in [0.5, 0.6) is 5.75 Å². The molecule has 1 aromatic heterocycles. The molecule has 0 aliphatic heterocycles. The predicted octanol–water partition coefficient (Wildman–Crippen LogP) is 3.05. The van der Waals surface area contributed by atoms with E-state index in [0.717, 1.165) is 0 Å². The number of amides is 1. The summed E-state index contributed by atoms with van der Waals surface area (Å²) in [5, 5.41) is 11.8. The maximum absolute atomic E-state index is 12.9. The number of hydrogen-bond donors (Lipinski definition) is 1. The molecular formula is C18H23FN4O2S. The molecule has 1 amide bonds. The number of ether oxygens (including phenoxy) is 1. The topological polar surface area (TPSA) is 69.0 Å². The fourth-order valence-electron chi connectivity index (χ4n) is 2.02. The van der Waals surface area contributed by atoms with Crippen LogP contribution < -0.4 is 10.1 Å². The predicted molar refractivity (Wildman–Crippen MR) is 99.5 cm³/mol. The molecule has 0 aliphatic carbocycles. The molecule has 0 saturated heterocycles. The summed E-state index contributed by atoms with van der Waals surface area (Å²) in [4.78, 5) is 11.9. The van der Waals surface area contributed by atoms with Crippen molar-refractivity contribution in [3.8, 4) is 5.75 Å².